The predicted molar refractivity (Wildman–Crippen MR) is 76.3 cm³/mol. The number of anilines is 1. The smallest absolute Gasteiger partial charge is 0.186 e. The fourth-order valence-electron chi connectivity index (χ4n) is 2.73. The second-order valence-corrected chi connectivity index (χ2v) is 5.31. The molecule has 2 N–H and O–H groups in total. The molecule has 20 heavy (non-hydrogen) atoms. The summed E-state index contributed by atoms with van der Waals surface area (Å²) in [6.45, 7) is 2.17. The number of nitrogens with zero attached hydrogens (tertiary/aromatic N) is 4. The number of aromatic nitrogens is 4. The Labute approximate surface area is 117 Å². The number of hydrogen-bond donors (Lipinski definition) is 1. The molecule has 6 nitrogen and oxygen atoms in total. The van der Waals surface area contributed by atoms with Gasteiger partial charge in [0.15, 0.2) is 11.6 Å². The summed E-state index contributed by atoms with van der Waals surface area (Å²) in [7, 11) is 1.61. The van der Waals surface area contributed by atoms with Crippen LogP contribution in [0.2, 0.25) is 0 Å². The zero-order valence-electron chi connectivity index (χ0n) is 11.8. The molecule has 0 radical (unpaired) electrons. The first-order valence-electron chi connectivity index (χ1n) is 6.93. The van der Waals surface area contributed by atoms with Crippen molar-refractivity contribution in [2.75, 3.05) is 12.8 Å². The van der Waals surface area contributed by atoms with Gasteiger partial charge < -0.3 is 10.5 Å². The van der Waals surface area contributed by atoms with E-state index in [1.165, 1.54) is 19.3 Å². The number of nitrogens with two attached hydrogens (primary N) is 1. The van der Waals surface area contributed by atoms with Gasteiger partial charge in [0.2, 0.25) is 0 Å². The van der Waals surface area contributed by atoms with Gasteiger partial charge >= 0.3 is 0 Å². The maximum absolute atomic E-state index is 5.96. The van der Waals surface area contributed by atoms with Crippen molar-refractivity contribution >= 4 is 5.69 Å². The van der Waals surface area contributed by atoms with Crippen LogP contribution in [0.15, 0.2) is 18.2 Å². The monoisotopic (exact) mass is 273 g/mol. The molecular formula is C14H19N5O. The fourth-order valence-corrected chi connectivity index (χ4v) is 2.73. The van der Waals surface area contributed by atoms with Crippen LogP contribution in [-0.2, 0) is 0 Å². The maximum Gasteiger partial charge on any atom is 0.186 e. The molecule has 1 aromatic carbocycles. The molecule has 0 bridgehead atoms. The van der Waals surface area contributed by atoms with Crippen LogP contribution in [0.3, 0.4) is 0 Å². The third kappa shape index (κ3) is 2.01. The summed E-state index contributed by atoms with van der Waals surface area (Å²) in [4.78, 5) is 0. The van der Waals surface area contributed by atoms with Gasteiger partial charge in [0.05, 0.1) is 24.4 Å². The third-order valence-electron chi connectivity index (χ3n) is 4.20. The highest BCUT2D eigenvalue weighted by Crippen LogP contribution is 2.39. The predicted octanol–water partition coefficient (Wildman–Crippen LogP) is 2.29. The molecule has 0 amide bonds. The van der Waals surface area contributed by atoms with E-state index < -0.39 is 0 Å². The number of para-hydroxylation sites is 1. The van der Waals surface area contributed by atoms with Gasteiger partial charge in [-0.2, -0.15) is 0 Å². The summed E-state index contributed by atoms with van der Waals surface area (Å²) in [5.74, 6) is 2.00. The summed E-state index contributed by atoms with van der Waals surface area (Å²) in [6.07, 6.45) is 3.79. The van der Waals surface area contributed by atoms with Gasteiger partial charge in [-0.3, -0.25) is 0 Å². The molecule has 1 heterocycles. The molecule has 6 heteroatoms. The van der Waals surface area contributed by atoms with Crippen LogP contribution in [0.1, 0.15) is 32.2 Å². The Bertz CT molecular complexity index is 605. The van der Waals surface area contributed by atoms with Crippen molar-refractivity contribution < 1.29 is 4.74 Å². The first-order valence-corrected chi connectivity index (χ1v) is 6.93. The zero-order chi connectivity index (χ0) is 14.1. The standard InChI is InChI=1S/C14H19N5O/c1-9(10-5-3-6-10)19-14(16-17-18-19)11-7-4-8-12(15)13(11)20-2/h4,7-10H,3,5-6,15H2,1-2H3. The number of ether oxygens (including phenoxy) is 1. The van der Waals surface area contributed by atoms with Gasteiger partial charge in [-0.1, -0.05) is 12.5 Å². The van der Waals surface area contributed by atoms with E-state index >= 15 is 0 Å². The normalized spacial score (nSPS) is 16.7. The van der Waals surface area contributed by atoms with Gasteiger partial charge in [-0.05, 0) is 48.2 Å². The van der Waals surface area contributed by atoms with E-state index in [0.29, 0.717) is 29.2 Å². The summed E-state index contributed by atoms with van der Waals surface area (Å²) < 4.78 is 7.29. The van der Waals surface area contributed by atoms with Crippen LogP contribution < -0.4 is 10.5 Å². The Morgan fingerprint density at radius 2 is 2.20 bits per heavy atom. The minimum atomic E-state index is 0.292. The van der Waals surface area contributed by atoms with Crippen LogP contribution in [-0.4, -0.2) is 27.3 Å². The highest BCUT2D eigenvalue weighted by atomic mass is 16.5. The average Bonchev–Trinajstić information content (AvgIpc) is 2.85. The molecule has 0 saturated heterocycles. The van der Waals surface area contributed by atoms with Crippen molar-refractivity contribution in [2.24, 2.45) is 5.92 Å². The lowest BCUT2D eigenvalue weighted by Crippen LogP contribution is -2.24. The topological polar surface area (TPSA) is 78.8 Å². The largest absolute Gasteiger partial charge is 0.494 e. The summed E-state index contributed by atoms with van der Waals surface area (Å²) in [6, 6.07) is 5.93. The Morgan fingerprint density at radius 1 is 1.40 bits per heavy atom. The highest BCUT2D eigenvalue weighted by Gasteiger charge is 2.28. The molecule has 2 aromatic rings. The minimum Gasteiger partial charge on any atom is -0.494 e. The second-order valence-electron chi connectivity index (χ2n) is 5.31. The molecule has 1 fully saturated rings. The molecule has 1 aliphatic rings. The van der Waals surface area contributed by atoms with Crippen LogP contribution in [0, 0.1) is 5.92 Å². The van der Waals surface area contributed by atoms with Gasteiger partial charge in [0.25, 0.3) is 0 Å². The lowest BCUT2D eigenvalue weighted by Gasteiger charge is -2.31. The quantitative estimate of drug-likeness (QED) is 0.865. The molecule has 106 valence electrons. The number of nitrogen functional groups attached to an aromatic ring is 1. The molecule has 0 aliphatic heterocycles. The van der Waals surface area contributed by atoms with Crippen molar-refractivity contribution in [1.82, 2.24) is 20.2 Å². The third-order valence-corrected chi connectivity index (χ3v) is 4.20. The van der Waals surface area contributed by atoms with Gasteiger partial charge in [-0.25, -0.2) is 4.68 Å². The molecule has 3 rings (SSSR count). The number of rotatable bonds is 4. The van der Waals surface area contributed by atoms with Gasteiger partial charge in [0, 0.05) is 0 Å². The maximum atomic E-state index is 5.96. The summed E-state index contributed by atoms with van der Waals surface area (Å²) in [5.41, 5.74) is 7.39. The van der Waals surface area contributed by atoms with Crippen molar-refractivity contribution in [1.29, 1.82) is 0 Å². The number of tetrazole rings is 1. The minimum absolute atomic E-state index is 0.292. The Hall–Kier alpha value is -2.11. The zero-order valence-corrected chi connectivity index (χ0v) is 11.8. The van der Waals surface area contributed by atoms with Crippen LogP contribution in [0.4, 0.5) is 5.69 Å². The van der Waals surface area contributed by atoms with Crippen molar-refractivity contribution in [3.8, 4) is 17.1 Å². The Morgan fingerprint density at radius 3 is 2.85 bits per heavy atom. The Kier molecular flexibility index (Phi) is 3.30. The van der Waals surface area contributed by atoms with E-state index in [1.807, 2.05) is 22.9 Å². The van der Waals surface area contributed by atoms with E-state index in [9.17, 15) is 0 Å². The van der Waals surface area contributed by atoms with E-state index in [1.54, 1.807) is 7.11 Å². The van der Waals surface area contributed by atoms with Crippen molar-refractivity contribution in [3.05, 3.63) is 18.2 Å². The van der Waals surface area contributed by atoms with E-state index in [4.69, 9.17) is 10.5 Å². The number of hydrogen-bond acceptors (Lipinski definition) is 5. The number of methoxy groups -OCH3 is 1. The number of benzene rings is 1. The van der Waals surface area contributed by atoms with Crippen LogP contribution in [0.5, 0.6) is 5.75 Å². The molecule has 1 atom stereocenters. The average molecular weight is 273 g/mol. The SMILES string of the molecule is COc1c(N)cccc1-c1nnnn1C(C)C1CCC1. The van der Waals surface area contributed by atoms with Crippen LogP contribution in [0.25, 0.3) is 11.4 Å². The molecular weight excluding hydrogens is 254 g/mol. The van der Waals surface area contributed by atoms with E-state index in [0.717, 1.165) is 5.56 Å². The van der Waals surface area contributed by atoms with Crippen molar-refractivity contribution in [2.45, 2.75) is 32.2 Å². The molecule has 1 aliphatic carbocycles. The molecule has 0 spiro atoms. The lowest BCUT2D eigenvalue weighted by molar-refractivity contribution is 0.210. The first-order chi connectivity index (χ1) is 9.72. The van der Waals surface area contributed by atoms with Crippen molar-refractivity contribution in [3.63, 3.8) is 0 Å². The summed E-state index contributed by atoms with van der Waals surface area (Å²) in [5, 5.41) is 12.2. The second kappa shape index (κ2) is 5.11. The highest BCUT2D eigenvalue weighted by molar-refractivity contribution is 5.73. The first kappa shape index (κ1) is 12.9. The molecule has 1 aromatic heterocycles. The van der Waals surface area contributed by atoms with Gasteiger partial charge in [-0.15, -0.1) is 5.10 Å². The summed E-state index contributed by atoms with van der Waals surface area (Å²) >= 11 is 0. The lowest BCUT2D eigenvalue weighted by atomic mass is 9.80. The fraction of sp³-hybridized carbons (Fsp3) is 0.500. The molecule has 1 saturated carbocycles. The Balaban J connectivity index is 2.03. The van der Waals surface area contributed by atoms with Gasteiger partial charge in [0.1, 0.15) is 0 Å². The molecule has 1 unspecified atom stereocenters. The van der Waals surface area contributed by atoms with E-state index in [-0.39, 0.29) is 0 Å². The van der Waals surface area contributed by atoms with Crippen LogP contribution >= 0.6 is 0 Å². The van der Waals surface area contributed by atoms with E-state index in [2.05, 4.69) is 22.4 Å².